The van der Waals surface area contributed by atoms with E-state index < -0.39 is 22.9 Å². The zero-order chi connectivity index (χ0) is 20.1. The molecule has 2 aromatic rings. The van der Waals surface area contributed by atoms with Gasteiger partial charge in [-0.15, -0.1) is 0 Å². The Morgan fingerprint density at radius 2 is 1.96 bits per heavy atom. The molecule has 9 heteroatoms. The van der Waals surface area contributed by atoms with Crippen LogP contribution in [0.3, 0.4) is 0 Å². The predicted octanol–water partition coefficient (Wildman–Crippen LogP) is 2.80. The number of benzene rings is 2. The number of aryl methyl sites for hydroxylation is 1. The number of nitro benzene ring substituents is 1. The highest BCUT2D eigenvalue weighted by atomic mass is 16.6. The minimum atomic E-state index is -1.18. The van der Waals surface area contributed by atoms with Gasteiger partial charge in [0.2, 0.25) is 0 Å². The Balaban J connectivity index is 2.11. The molecule has 0 unspecified atom stereocenters. The standard InChI is InChI=1S/C18H18N2O7/c1-10-5-4-6-13(16(10)21)18(23)27-11(2)17(22)19-14-8-7-12(20(24)25)9-15(14)26-3/h4-9,11,21H,1-3H3,(H,19,22)/t11-/m1/s1. The van der Waals surface area contributed by atoms with Crippen molar-refractivity contribution in [3.05, 3.63) is 57.6 Å². The van der Waals surface area contributed by atoms with Crippen LogP contribution < -0.4 is 10.1 Å². The van der Waals surface area contributed by atoms with Crippen LogP contribution in [-0.2, 0) is 9.53 Å². The Labute approximate surface area is 154 Å². The number of nitrogens with zero attached hydrogens (tertiary/aromatic N) is 1. The number of carbonyl (C=O) groups is 2. The third-order valence-electron chi connectivity index (χ3n) is 3.76. The second-order valence-corrected chi connectivity index (χ2v) is 5.65. The maximum atomic E-state index is 12.3. The highest BCUT2D eigenvalue weighted by molar-refractivity contribution is 5.99. The van der Waals surface area contributed by atoms with E-state index in [1.54, 1.807) is 19.1 Å². The third kappa shape index (κ3) is 4.51. The van der Waals surface area contributed by atoms with Crippen LogP contribution >= 0.6 is 0 Å². The molecule has 0 aliphatic heterocycles. The van der Waals surface area contributed by atoms with Crippen LogP contribution in [0.4, 0.5) is 11.4 Å². The Kier molecular flexibility index (Phi) is 5.96. The summed E-state index contributed by atoms with van der Waals surface area (Å²) in [5, 5.41) is 23.2. The molecule has 9 nitrogen and oxygen atoms in total. The van der Waals surface area contributed by atoms with Crippen molar-refractivity contribution >= 4 is 23.3 Å². The summed E-state index contributed by atoms with van der Waals surface area (Å²) < 4.78 is 10.1. The lowest BCUT2D eigenvalue weighted by Crippen LogP contribution is -2.30. The van der Waals surface area contributed by atoms with Gasteiger partial charge in [-0.1, -0.05) is 12.1 Å². The fourth-order valence-electron chi connectivity index (χ4n) is 2.23. The lowest BCUT2D eigenvalue weighted by atomic mass is 10.1. The maximum absolute atomic E-state index is 12.3. The molecule has 2 rings (SSSR count). The summed E-state index contributed by atoms with van der Waals surface area (Å²) in [7, 11) is 1.30. The molecular weight excluding hydrogens is 356 g/mol. The second-order valence-electron chi connectivity index (χ2n) is 5.65. The Bertz CT molecular complexity index is 895. The lowest BCUT2D eigenvalue weighted by molar-refractivity contribution is -0.384. The molecule has 0 aliphatic rings. The van der Waals surface area contributed by atoms with Crippen molar-refractivity contribution in [2.75, 3.05) is 12.4 Å². The van der Waals surface area contributed by atoms with Gasteiger partial charge in [0, 0.05) is 6.07 Å². The first-order valence-electron chi connectivity index (χ1n) is 7.87. The number of ether oxygens (including phenoxy) is 2. The first kappa shape index (κ1) is 19.7. The molecule has 27 heavy (non-hydrogen) atoms. The number of non-ortho nitro benzene ring substituents is 1. The van der Waals surface area contributed by atoms with E-state index in [0.717, 1.165) is 6.07 Å². The summed E-state index contributed by atoms with van der Waals surface area (Å²) in [5.74, 6) is -1.64. The van der Waals surface area contributed by atoms with Gasteiger partial charge in [-0.25, -0.2) is 4.79 Å². The molecule has 2 aromatic carbocycles. The first-order chi connectivity index (χ1) is 12.7. The second kappa shape index (κ2) is 8.17. The number of amides is 1. The Morgan fingerprint density at radius 1 is 1.26 bits per heavy atom. The predicted molar refractivity (Wildman–Crippen MR) is 96.0 cm³/mol. The number of esters is 1. The number of carbonyl (C=O) groups excluding carboxylic acids is 2. The molecule has 0 bridgehead atoms. The van der Waals surface area contributed by atoms with Crippen LogP contribution in [0, 0.1) is 17.0 Å². The SMILES string of the molecule is COc1cc([N+](=O)[O-])ccc1NC(=O)[C@@H](C)OC(=O)c1cccc(C)c1O. The molecule has 0 spiro atoms. The number of nitrogens with one attached hydrogen (secondary N) is 1. The van der Waals surface area contributed by atoms with Gasteiger partial charge in [0.15, 0.2) is 6.10 Å². The van der Waals surface area contributed by atoms with Crippen molar-refractivity contribution in [3.8, 4) is 11.5 Å². The van der Waals surface area contributed by atoms with Gasteiger partial charge in [-0.05, 0) is 31.5 Å². The van der Waals surface area contributed by atoms with Gasteiger partial charge >= 0.3 is 5.97 Å². The van der Waals surface area contributed by atoms with Crippen LogP contribution in [0.1, 0.15) is 22.8 Å². The molecule has 0 radical (unpaired) electrons. The van der Waals surface area contributed by atoms with Crippen LogP contribution in [0.25, 0.3) is 0 Å². The first-order valence-corrected chi connectivity index (χ1v) is 7.87. The number of hydrogen-bond donors (Lipinski definition) is 2. The van der Waals surface area contributed by atoms with Crippen molar-refractivity contribution in [2.24, 2.45) is 0 Å². The zero-order valence-corrected chi connectivity index (χ0v) is 14.9. The van der Waals surface area contributed by atoms with E-state index in [9.17, 15) is 24.8 Å². The third-order valence-corrected chi connectivity index (χ3v) is 3.76. The molecule has 0 fully saturated rings. The van der Waals surface area contributed by atoms with Crippen LogP contribution in [0.5, 0.6) is 11.5 Å². The Hall–Kier alpha value is -3.62. The summed E-state index contributed by atoms with van der Waals surface area (Å²) in [4.78, 5) is 34.7. The van der Waals surface area contributed by atoms with Gasteiger partial charge in [0.25, 0.3) is 11.6 Å². The number of aromatic hydroxyl groups is 1. The molecule has 0 aliphatic carbocycles. The van der Waals surface area contributed by atoms with Crippen molar-refractivity contribution in [2.45, 2.75) is 20.0 Å². The van der Waals surface area contributed by atoms with Crippen LogP contribution in [0.2, 0.25) is 0 Å². The monoisotopic (exact) mass is 374 g/mol. The van der Waals surface area contributed by atoms with Crippen molar-refractivity contribution in [1.29, 1.82) is 0 Å². The minimum Gasteiger partial charge on any atom is -0.507 e. The highest BCUT2D eigenvalue weighted by Gasteiger charge is 2.23. The summed E-state index contributed by atoms with van der Waals surface area (Å²) in [5.41, 5.74) is 0.438. The van der Waals surface area contributed by atoms with E-state index in [4.69, 9.17) is 9.47 Å². The zero-order valence-electron chi connectivity index (χ0n) is 14.9. The largest absolute Gasteiger partial charge is 0.507 e. The number of anilines is 1. The van der Waals surface area contributed by atoms with Crippen LogP contribution in [0.15, 0.2) is 36.4 Å². The van der Waals surface area contributed by atoms with Crippen molar-refractivity contribution < 1.29 is 29.1 Å². The fraction of sp³-hybridized carbons (Fsp3) is 0.222. The van der Waals surface area contributed by atoms with Gasteiger partial charge in [0.1, 0.15) is 17.1 Å². The van der Waals surface area contributed by atoms with E-state index in [2.05, 4.69) is 5.32 Å². The van der Waals surface area contributed by atoms with Gasteiger partial charge < -0.3 is 19.9 Å². The molecule has 0 aromatic heterocycles. The summed E-state index contributed by atoms with van der Waals surface area (Å²) >= 11 is 0. The number of hydrogen-bond acceptors (Lipinski definition) is 7. The van der Waals surface area contributed by atoms with E-state index in [0.29, 0.717) is 5.56 Å². The molecule has 1 atom stereocenters. The maximum Gasteiger partial charge on any atom is 0.342 e. The smallest absolute Gasteiger partial charge is 0.342 e. The summed E-state index contributed by atoms with van der Waals surface area (Å²) in [6, 6.07) is 8.28. The number of para-hydroxylation sites is 1. The molecule has 0 saturated carbocycles. The number of rotatable bonds is 6. The Morgan fingerprint density at radius 3 is 2.59 bits per heavy atom. The normalized spacial score (nSPS) is 11.4. The van der Waals surface area contributed by atoms with E-state index in [-0.39, 0.29) is 28.4 Å². The minimum absolute atomic E-state index is 0.0532. The summed E-state index contributed by atoms with van der Waals surface area (Å²) in [6.45, 7) is 2.99. The van der Waals surface area contributed by atoms with E-state index >= 15 is 0 Å². The van der Waals surface area contributed by atoms with E-state index in [1.807, 2.05) is 0 Å². The number of methoxy groups -OCH3 is 1. The highest BCUT2D eigenvalue weighted by Crippen LogP contribution is 2.29. The molecule has 142 valence electrons. The molecular formula is C18H18N2O7. The molecule has 1 amide bonds. The average Bonchev–Trinajstić information content (AvgIpc) is 2.63. The fourth-order valence-corrected chi connectivity index (χ4v) is 2.23. The molecule has 0 saturated heterocycles. The van der Waals surface area contributed by atoms with Crippen molar-refractivity contribution in [3.63, 3.8) is 0 Å². The summed E-state index contributed by atoms with van der Waals surface area (Å²) in [6.07, 6.45) is -1.18. The number of phenols is 1. The molecule has 2 N–H and O–H groups in total. The quantitative estimate of drug-likeness (QED) is 0.452. The van der Waals surface area contributed by atoms with E-state index in [1.165, 1.54) is 32.2 Å². The lowest BCUT2D eigenvalue weighted by Gasteiger charge is -2.15. The van der Waals surface area contributed by atoms with Gasteiger partial charge in [-0.2, -0.15) is 0 Å². The van der Waals surface area contributed by atoms with Crippen molar-refractivity contribution in [1.82, 2.24) is 0 Å². The number of nitro groups is 1. The topological polar surface area (TPSA) is 128 Å². The average molecular weight is 374 g/mol. The van der Waals surface area contributed by atoms with Gasteiger partial charge in [-0.3, -0.25) is 14.9 Å². The number of phenolic OH excluding ortho intramolecular Hbond substituents is 1. The molecule has 0 heterocycles. The van der Waals surface area contributed by atoms with Crippen LogP contribution in [-0.4, -0.2) is 35.1 Å². The van der Waals surface area contributed by atoms with Gasteiger partial charge in [0.05, 0.1) is 23.8 Å².